The highest BCUT2D eigenvalue weighted by Crippen LogP contribution is 2.22. The third kappa shape index (κ3) is 4.60. The molecule has 1 fully saturated rings. The van der Waals surface area contributed by atoms with Gasteiger partial charge in [0.2, 0.25) is 10.0 Å². The van der Waals surface area contributed by atoms with Gasteiger partial charge in [0.25, 0.3) is 5.91 Å². The van der Waals surface area contributed by atoms with Crippen LogP contribution in [0.2, 0.25) is 0 Å². The molecule has 1 N–H and O–H groups in total. The minimum atomic E-state index is -3.70. The highest BCUT2D eigenvalue weighted by molar-refractivity contribution is 7.89. The second-order valence-corrected chi connectivity index (χ2v) is 9.38. The largest absolute Gasteiger partial charge is 0.373 e. The van der Waals surface area contributed by atoms with E-state index in [0.717, 1.165) is 11.1 Å². The first-order valence-electron chi connectivity index (χ1n) is 9.30. The molecule has 1 heterocycles. The first-order chi connectivity index (χ1) is 13.1. The Morgan fingerprint density at radius 2 is 1.64 bits per heavy atom. The normalized spacial score (nSPS) is 20.7. The van der Waals surface area contributed by atoms with Crippen LogP contribution in [0.5, 0.6) is 0 Å². The van der Waals surface area contributed by atoms with Crippen LogP contribution in [0.15, 0.2) is 47.4 Å². The third-order valence-corrected chi connectivity index (χ3v) is 6.43. The number of anilines is 1. The van der Waals surface area contributed by atoms with E-state index < -0.39 is 10.0 Å². The summed E-state index contributed by atoms with van der Waals surface area (Å²) >= 11 is 0. The Morgan fingerprint density at radius 3 is 2.25 bits per heavy atom. The number of amides is 1. The summed E-state index contributed by atoms with van der Waals surface area (Å²) in [5, 5.41) is 2.84. The first-order valence-corrected chi connectivity index (χ1v) is 10.7. The molecule has 7 heteroatoms. The van der Waals surface area contributed by atoms with Gasteiger partial charge in [0.1, 0.15) is 0 Å². The fraction of sp³-hybridized carbons (Fsp3) is 0.381. The fourth-order valence-corrected chi connectivity index (χ4v) is 5.16. The molecular weight excluding hydrogens is 376 g/mol. The van der Waals surface area contributed by atoms with Gasteiger partial charge in [-0.25, -0.2) is 8.42 Å². The van der Waals surface area contributed by atoms with E-state index in [9.17, 15) is 13.2 Å². The van der Waals surface area contributed by atoms with E-state index in [1.807, 2.05) is 45.9 Å². The lowest BCUT2D eigenvalue weighted by molar-refractivity contribution is -0.0440. The van der Waals surface area contributed by atoms with Crippen LogP contribution in [0.4, 0.5) is 5.69 Å². The van der Waals surface area contributed by atoms with Crippen LogP contribution in [-0.4, -0.2) is 43.9 Å². The number of carbonyl (C=O) groups excluding carboxylic acids is 1. The van der Waals surface area contributed by atoms with Gasteiger partial charge in [-0.05, 0) is 69.2 Å². The maximum Gasteiger partial charge on any atom is 0.255 e. The first kappa shape index (κ1) is 20.5. The predicted molar refractivity (Wildman–Crippen MR) is 109 cm³/mol. The Labute approximate surface area is 166 Å². The summed E-state index contributed by atoms with van der Waals surface area (Å²) in [5.74, 6) is -0.342. The van der Waals surface area contributed by atoms with Gasteiger partial charge in [-0.15, -0.1) is 0 Å². The quantitative estimate of drug-likeness (QED) is 0.851. The highest BCUT2D eigenvalue weighted by atomic mass is 32.2. The standard InChI is InChI=1S/C21H26N2O4S/c1-14-8-15(2)10-19(9-14)22-21(24)18-6-5-7-20(11-18)28(25,26)23-12-16(3)27-17(4)13-23/h5-11,16-17H,12-13H2,1-4H3,(H,22,24). The number of hydrogen-bond donors (Lipinski definition) is 1. The van der Waals surface area contributed by atoms with Gasteiger partial charge in [-0.1, -0.05) is 12.1 Å². The fourth-order valence-electron chi connectivity index (χ4n) is 3.52. The van der Waals surface area contributed by atoms with Crippen molar-refractivity contribution in [2.75, 3.05) is 18.4 Å². The van der Waals surface area contributed by atoms with Crippen molar-refractivity contribution in [3.8, 4) is 0 Å². The minimum Gasteiger partial charge on any atom is -0.373 e. The molecule has 0 saturated carbocycles. The van der Waals surface area contributed by atoms with E-state index in [1.165, 1.54) is 16.4 Å². The van der Waals surface area contributed by atoms with Crippen LogP contribution in [0.25, 0.3) is 0 Å². The van der Waals surface area contributed by atoms with Crippen LogP contribution < -0.4 is 5.32 Å². The number of morpholine rings is 1. The number of rotatable bonds is 4. The number of benzene rings is 2. The van der Waals surface area contributed by atoms with Crippen LogP contribution in [0.1, 0.15) is 35.3 Å². The van der Waals surface area contributed by atoms with E-state index in [-0.39, 0.29) is 23.0 Å². The zero-order valence-electron chi connectivity index (χ0n) is 16.6. The van der Waals surface area contributed by atoms with Crippen molar-refractivity contribution in [2.45, 2.75) is 44.8 Å². The van der Waals surface area contributed by atoms with Gasteiger partial charge < -0.3 is 10.1 Å². The average molecular weight is 403 g/mol. The Kier molecular flexibility index (Phi) is 5.88. The summed E-state index contributed by atoms with van der Waals surface area (Å²) in [6.07, 6.45) is -0.343. The van der Waals surface area contributed by atoms with Crippen molar-refractivity contribution in [2.24, 2.45) is 0 Å². The highest BCUT2D eigenvalue weighted by Gasteiger charge is 2.32. The maximum absolute atomic E-state index is 13.0. The van der Waals surface area contributed by atoms with Gasteiger partial charge in [0.15, 0.2) is 0 Å². The molecule has 2 unspecified atom stereocenters. The monoisotopic (exact) mass is 402 g/mol. The summed E-state index contributed by atoms with van der Waals surface area (Å²) in [5.41, 5.74) is 3.07. The molecule has 1 aliphatic rings. The molecule has 0 bridgehead atoms. The SMILES string of the molecule is Cc1cc(C)cc(NC(=O)c2cccc(S(=O)(=O)N3CC(C)OC(C)C3)c2)c1. The summed E-state index contributed by atoms with van der Waals surface area (Å²) in [4.78, 5) is 12.8. The molecule has 0 radical (unpaired) electrons. The zero-order valence-corrected chi connectivity index (χ0v) is 17.4. The van der Waals surface area contributed by atoms with Crippen LogP contribution >= 0.6 is 0 Å². The molecule has 1 aliphatic heterocycles. The summed E-state index contributed by atoms with van der Waals surface area (Å²) < 4.78 is 33.1. The molecule has 1 saturated heterocycles. The van der Waals surface area contributed by atoms with E-state index >= 15 is 0 Å². The molecule has 6 nitrogen and oxygen atoms in total. The molecule has 2 atom stereocenters. The van der Waals surface area contributed by atoms with Crippen molar-refractivity contribution in [1.29, 1.82) is 0 Å². The molecule has 150 valence electrons. The maximum atomic E-state index is 13.0. The predicted octanol–water partition coefficient (Wildman–Crippen LogP) is 3.35. The molecule has 0 aliphatic carbocycles. The second kappa shape index (κ2) is 8.03. The lowest BCUT2D eigenvalue weighted by atomic mass is 10.1. The third-order valence-electron chi connectivity index (χ3n) is 4.60. The molecule has 1 amide bonds. The summed E-state index contributed by atoms with van der Waals surface area (Å²) in [6.45, 7) is 8.22. The Hall–Kier alpha value is -2.22. The van der Waals surface area contributed by atoms with E-state index in [0.29, 0.717) is 24.3 Å². The van der Waals surface area contributed by atoms with Crippen molar-refractivity contribution in [1.82, 2.24) is 4.31 Å². The molecule has 28 heavy (non-hydrogen) atoms. The van der Waals surface area contributed by atoms with E-state index in [2.05, 4.69) is 5.32 Å². The molecule has 2 aromatic rings. The Bertz CT molecular complexity index is 957. The smallest absolute Gasteiger partial charge is 0.255 e. The molecule has 2 aromatic carbocycles. The number of aryl methyl sites for hydroxylation is 2. The van der Waals surface area contributed by atoms with Gasteiger partial charge in [0, 0.05) is 24.3 Å². The lowest BCUT2D eigenvalue weighted by Gasteiger charge is -2.34. The van der Waals surface area contributed by atoms with Crippen LogP contribution in [0.3, 0.4) is 0 Å². The number of ether oxygens (including phenoxy) is 1. The topological polar surface area (TPSA) is 75.7 Å². The van der Waals surface area contributed by atoms with Gasteiger partial charge in [-0.3, -0.25) is 4.79 Å². The number of hydrogen-bond acceptors (Lipinski definition) is 4. The van der Waals surface area contributed by atoms with Crippen molar-refractivity contribution in [3.63, 3.8) is 0 Å². The number of sulfonamides is 1. The van der Waals surface area contributed by atoms with Gasteiger partial charge >= 0.3 is 0 Å². The molecular formula is C21H26N2O4S. The average Bonchev–Trinajstić information content (AvgIpc) is 2.60. The van der Waals surface area contributed by atoms with Crippen LogP contribution in [0, 0.1) is 13.8 Å². The number of carbonyl (C=O) groups is 1. The van der Waals surface area contributed by atoms with Crippen LogP contribution in [-0.2, 0) is 14.8 Å². The Morgan fingerprint density at radius 1 is 1.04 bits per heavy atom. The van der Waals surface area contributed by atoms with Gasteiger partial charge in [0.05, 0.1) is 17.1 Å². The minimum absolute atomic E-state index is 0.113. The second-order valence-electron chi connectivity index (χ2n) is 7.44. The van der Waals surface area contributed by atoms with Gasteiger partial charge in [-0.2, -0.15) is 4.31 Å². The van der Waals surface area contributed by atoms with E-state index in [4.69, 9.17) is 4.74 Å². The van der Waals surface area contributed by atoms with E-state index in [1.54, 1.807) is 12.1 Å². The van der Waals surface area contributed by atoms with Crippen molar-refractivity contribution >= 4 is 21.6 Å². The summed E-state index contributed by atoms with van der Waals surface area (Å²) in [7, 11) is -3.70. The molecule has 0 spiro atoms. The lowest BCUT2D eigenvalue weighted by Crippen LogP contribution is -2.48. The number of nitrogens with zero attached hydrogens (tertiary/aromatic N) is 1. The Balaban J connectivity index is 1.84. The summed E-state index contributed by atoms with van der Waals surface area (Å²) in [6, 6.07) is 11.9. The molecule has 3 rings (SSSR count). The van der Waals surface area contributed by atoms with Crippen molar-refractivity contribution in [3.05, 3.63) is 59.2 Å². The zero-order chi connectivity index (χ0) is 20.5. The number of nitrogens with one attached hydrogen (secondary N) is 1. The van der Waals surface area contributed by atoms with Crippen molar-refractivity contribution < 1.29 is 17.9 Å². The molecule has 0 aromatic heterocycles.